The van der Waals surface area contributed by atoms with E-state index in [0.29, 0.717) is 0 Å². The summed E-state index contributed by atoms with van der Waals surface area (Å²) in [6.07, 6.45) is 2.66. The van der Waals surface area contributed by atoms with Crippen molar-refractivity contribution in [3.05, 3.63) is 35.9 Å². The van der Waals surface area contributed by atoms with Gasteiger partial charge in [-0.05, 0) is 24.4 Å². The summed E-state index contributed by atoms with van der Waals surface area (Å²) < 4.78 is 0. The molecule has 1 heterocycles. The lowest BCUT2D eigenvalue weighted by molar-refractivity contribution is 0.474. The molecule has 0 radical (unpaired) electrons. The molecule has 1 N–H and O–H groups in total. The molecule has 2 atom stereocenters. The Balaban J connectivity index is 2.10. The van der Waals surface area contributed by atoms with Crippen molar-refractivity contribution in [1.82, 2.24) is 5.32 Å². The molecule has 0 unspecified atom stereocenters. The average molecular weight is 189 g/mol. The average Bonchev–Trinajstić information content (AvgIpc) is 2.68. The molecule has 1 aromatic carbocycles. The van der Waals surface area contributed by atoms with E-state index in [0.717, 1.165) is 18.4 Å². The molecule has 1 heteroatoms. The van der Waals surface area contributed by atoms with Crippen LogP contribution in [0.4, 0.5) is 0 Å². The van der Waals surface area contributed by atoms with Gasteiger partial charge in [-0.3, -0.25) is 0 Å². The SMILES string of the molecule is CCC[C@@H]1CNC[C@H]1c1ccccc1. The van der Waals surface area contributed by atoms with Crippen molar-refractivity contribution in [2.24, 2.45) is 5.92 Å². The van der Waals surface area contributed by atoms with E-state index in [1.54, 1.807) is 0 Å². The van der Waals surface area contributed by atoms with Crippen LogP contribution in [0.2, 0.25) is 0 Å². The molecule has 0 aliphatic carbocycles. The second-order valence-corrected chi connectivity index (χ2v) is 4.22. The largest absolute Gasteiger partial charge is 0.316 e. The highest BCUT2D eigenvalue weighted by Gasteiger charge is 2.26. The van der Waals surface area contributed by atoms with Gasteiger partial charge in [-0.1, -0.05) is 43.7 Å². The number of rotatable bonds is 3. The molecule has 1 saturated heterocycles. The normalized spacial score (nSPS) is 26.6. The van der Waals surface area contributed by atoms with Gasteiger partial charge in [0.25, 0.3) is 0 Å². The van der Waals surface area contributed by atoms with Crippen LogP contribution in [0.5, 0.6) is 0 Å². The molecule has 1 aliphatic heterocycles. The highest BCUT2D eigenvalue weighted by molar-refractivity contribution is 5.22. The fraction of sp³-hybridized carbons (Fsp3) is 0.538. The van der Waals surface area contributed by atoms with Crippen LogP contribution in [0, 0.1) is 5.92 Å². The summed E-state index contributed by atoms with van der Waals surface area (Å²) in [6.45, 7) is 4.64. The first-order chi connectivity index (χ1) is 6.92. The minimum Gasteiger partial charge on any atom is -0.316 e. The Bertz CT molecular complexity index is 268. The van der Waals surface area contributed by atoms with Crippen LogP contribution < -0.4 is 5.32 Å². The van der Waals surface area contributed by atoms with Crippen LogP contribution in [-0.2, 0) is 0 Å². The predicted octanol–water partition coefficient (Wildman–Crippen LogP) is 2.79. The minimum absolute atomic E-state index is 0.746. The van der Waals surface area contributed by atoms with Crippen molar-refractivity contribution < 1.29 is 0 Å². The molecule has 14 heavy (non-hydrogen) atoms. The second-order valence-electron chi connectivity index (χ2n) is 4.22. The zero-order valence-electron chi connectivity index (χ0n) is 8.87. The van der Waals surface area contributed by atoms with Gasteiger partial charge in [0.1, 0.15) is 0 Å². The Morgan fingerprint density at radius 3 is 2.71 bits per heavy atom. The lowest BCUT2D eigenvalue weighted by Crippen LogP contribution is -2.10. The van der Waals surface area contributed by atoms with E-state index < -0.39 is 0 Å². The van der Waals surface area contributed by atoms with E-state index in [9.17, 15) is 0 Å². The van der Waals surface area contributed by atoms with Gasteiger partial charge >= 0.3 is 0 Å². The van der Waals surface area contributed by atoms with Crippen molar-refractivity contribution >= 4 is 0 Å². The number of nitrogens with one attached hydrogen (secondary N) is 1. The van der Waals surface area contributed by atoms with Gasteiger partial charge in [-0.25, -0.2) is 0 Å². The quantitative estimate of drug-likeness (QED) is 0.771. The Morgan fingerprint density at radius 2 is 2.00 bits per heavy atom. The molecule has 1 aromatic rings. The zero-order valence-corrected chi connectivity index (χ0v) is 8.87. The summed E-state index contributed by atoms with van der Waals surface area (Å²) in [6, 6.07) is 10.9. The molecular weight excluding hydrogens is 170 g/mol. The summed E-state index contributed by atoms with van der Waals surface area (Å²) >= 11 is 0. The van der Waals surface area contributed by atoms with Gasteiger partial charge in [0.15, 0.2) is 0 Å². The first-order valence-corrected chi connectivity index (χ1v) is 5.67. The van der Waals surface area contributed by atoms with Crippen LogP contribution in [0.3, 0.4) is 0 Å². The highest BCUT2D eigenvalue weighted by atomic mass is 14.9. The topological polar surface area (TPSA) is 12.0 Å². The van der Waals surface area contributed by atoms with E-state index in [1.807, 2.05) is 0 Å². The first-order valence-electron chi connectivity index (χ1n) is 5.67. The van der Waals surface area contributed by atoms with Gasteiger partial charge in [-0.2, -0.15) is 0 Å². The van der Waals surface area contributed by atoms with Crippen LogP contribution >= 0.6 is 0 Å². The van der Waals surface area contributed by atoms with E-state index in [4.69, 9.17) is 0 Å². The summed E-state index contributed by atoms with van der Waals surface area (Å²) in [4.78, 5) is 0. The van der Waals surface area contributed by atoms with Crippen molar-refractivity contribution in [2.75, 3.05) is 13.1 Å². The van der Waals surface area contributed by atoms with Crippen molar-refractivity contribution in [2.45, 2.75) is 25.7 Å². The maximum absolute atomic E-state index is 3.51. The van der Waals surface area contributed by atoms with Crippen LogP contribution in [-0.4, -0.2) is 13.1 Å². The van der Waals surface area contributed by atoms with E-state index in [2.05, 4.69) is 42.6 Å². The molecule has 0 amide bonds. The van der Waals surface area contributed by atoms with Gasteiger partial charge in [0, 0.05) is 12.5 Å². The zero-order chi connectivity index (χ0) is 9.80. The monoisotopic (exact) mass is 189 g/mol. The molecule has 1 aliphatic rings. The second kappa shape index (κ2) is 4.61. The van der Waals surface area contributed by atoms with E-state index in [-0.39, 0.29) is 0 Å². The Hall–Kier alpha value is -0.820. The van der Waals surface area contributed by atoms with Crippen LogP contribution in [0.1, 0.15) is 31.2 Å². The standard InChI is InChI=1S/C13H19N/c1-2-6-12-9-14-10-13(12)11-7-4-3-5-8-11/h3-5,7-8,12-14H,2,6,9-10H2,1H3/t12-,13+/m1/s1. The first kappa shape index (κ1) is 9.72. The summed E-state index contributed by atoms with van der Waals surface area (Å²) in [5.41, 5.74) is 1.51. The van der Waals surface area contributed by atoms with E-state index in [1.165, 1.54) is 24.9 Å². The maximum Gasteiger partial charge on any atom is 0.00234 e. The van der Waals surface area contributed by atoms with Gasteiger partial charge < -0.3 is 5.32 Å². The summed E-state index contributed by atoms with van der Waals surface area (Å²) in [7, 11) is 0. The highest BCUT2D eigenvalue weighted by Crippen LogP contribution is 2.30. The predicted molar refractivity (Wildman–Crippen MR) is 60.5 cm³/mol. The molecule has 1 nitrogen and oxygen atoms in total. The van der Waals surface area contributed by atoms with E-state index >= 15 is 0 Å². The van der Waals surface area contributed by atoms with Gasteiger partial charge in [0.2, 0.25) is 0 Å². The summed E-state index contributed by atoms with van der Waals surface area (Å²) in [5.74, 6) is 1.60. The molecule has 0 bridgehead atoms. The fourth-order valence-corrected chi connectivity index (χ4v) is 2.50. The van der Waals surface area contributed by atoms with Crippen molar-refractivity contribution in [1.29, 1.82) is 0 Å². The third-order valence-electron chi connectivity index (χ3n) is 3.23. The summed E-state index contributed by atoms with van der Waals surface area (Å²) in [5, 5.41) is 3.51. The Labute approximate surface area is 86.5 Å². The Kier molecular flexibility index (Phi) is 3.20. The number of hydrogen-bond donors (Lipinski definition) is 1. The van der Waals surface area contributed by atoms with Crippen molar-refractivity contribution in [3.63, 3.8) is 0 Å². The molecule has 0 saturated carbocycles. The maximum atomic E-state index is 3.51. The minimum atomic E-state index is 0.746. The molecular formula is C13H19N. The smallest absolute Gasteiger partial charge is 0.00234 e. The number of benzene rings is 1. The van der Waals surface area contributed by atoms with Crippen LogP contribution in [0.25, 0.3) is 0 Å². The molecule has 1 fully saturated rings. The van der Waals surface area contributed by atoms with Gasteiger partial charge in [0.05, 0.1) is 0 Å². The van der Waals surface area contributed by atoms with Crippen molar-refractivity contribution in [3.8, 4) is 0 Å². The molecule has 2 rings (SSSR count). The number of hydrogen-bond acceptors (Lipinski definition) is 1. The third-order valence-corrected chi connectivity index (χ3v) is 3.23. The molecule has 0 aromatic heterocycles. The molecule has 0 spiro atoms. The van der Waals surface area contributed by atoms with Crippen LogP contribution in [0.15, 0.2) is 30.3 Å². The lowest BCUT2D eigenvalue weighted by Gasteiger charge is -2.17. The Morgan fingerprint density at radius 1 is 1.21 bits per heavy atom. The fourth-order valence-electron chi connectivity index (χ4n) is 2.50. The van der Waals surface area contributed by atoms with Gasteiger partial charge in [-0.15, -0.1) is 0 Å². The third kappa shape index (κ3) is 1.98. The lowest BCUT2D eigenvalue weighted by atomic mass is 9.86. The molecule has 76 valence electrons.